The Balaban J connectivity index is 0.000000568. The van der Waals surface area contributed by atoms with Crippen LogP contribution in [0.5, 0.6) is 0 Å². The molecule has 1 saturated heterocycles. The molecule has 0 spiro atoms. The minimum atomic E-state index is 0. The van der Waals surface area contributed by atoms with Gasteiger partial charge < -0.3 is 10.1 Å². The highest BCUT2D eigenvalue weighted by atomic mass is 31.1. The predicted octanol–water partition coefficient (Wildman–Crippen LogP) is 9.91. The minimum Gasteiger partial charge on any atom is -0.381 e. The van der Waals surface area contributed by atoms with Crippen LogP contribution in [0.4, 0.5) is 0 Å². The van der Waals surface area contributed by atoms with E-state index in [0.717, 1.165) is 35.8 Å². The maximum atomic E-state index is 4.94. The summed E-state index contributed by atoms with van der Waals surface area (Å²) in [5.41, 5.74) is 4.54. The first-order chi connectivity index (χ1) is 17.9. The van der Waals surface area contributed by atoms with Crippen LogP contribution in [0, 0.1) is 0 Å². The van der Waals surface area contributed by atoms with Gasteiger partial charge in [-0.3, -0.25) is 0 Å². The summed E-state index contributed by atoms with van der Waals surface area (Å²) in [6.07, 6.45) is 36.7. The molecule has 5 fully saturated rings. The lowest BCUT2D eigenvalue weighted by atomic mass is 9.99. The third-order valence-corrected chi connectivity index (χ3v) is 17.4. The van der Waals surface area contributed by atoms with E-state index in [2.05, 4.69) is 5.32 Å². The topological polar surface area (TPSA) is 21.3 Å². The summed E-state index contributed by atoms with van der Waals surface area (Å²) >= 11 is 0. The first-order valence-corrected chi connectivity index (χ1v) is 20.0. The smallest absolute Gasteiger partial charge is 0.0466 e. The van der Waals surface area contributed by atoms with Crippen LogP contribution < -0.4 is 5.32 Å². The average Bonchev–Trinajstić information content (AvgIpc) is 3.55. The Morgan fingerprint density at radius 3 is 1.00 bits per heavy atom. The Morgan fingerprint density at radius 1 is 0.444 bits per heavy atom. The molecule has 212 valence electrons. The second kappa shape index (κ2) is 18.2. The standard InChI is InChI=1S/C28H53NP2.C4H8O.H2/c1-5-13-25(14-6-1)30(26-15-7-2-8-16-26)23-21-29-22-24-31(27-17-9-3-10-18-27)28-19-11-4-12-20-28;1-2-4-5-3-1;/h25-29H,1-24H2;1-4H2;1H/i;;1+1. The van der Waals surface area contributed by atoms with E-state index in [0.29, 0.717) is 0 Å². The third kappa shape index (κ3) is 10.4. The summed E-state index contributed by atoms with van der Waals surface area (Å²) in [5, 5.41) is 4.04. The van der Waals surface area contributed by atoms with Gasteiger partial charge in [0.2, 0.25) is 0 Å². The second-order valence-corrected chi connectivity index (χ2v) is 18.6. The molecule has 4 heteroatoms. The molecule has 0 aromatic heterocycles. The molecule has 0 unspecified atom stereocenters. The fourth-order valence-corrected chi connectivity index (χ4v) is 15.6. The lowest BCUT2D eigenvalue weighted by Crippen LogP contribution is -2.29. The van der Waals surface area contributed by atoms with Gasteiger partial charge in [0, 0.05) is 14.6 Å². The summed E-state index contributed by atoms with van der Waals surface area (Å²) in [6, 6.07) is 0. The molecule has 0 atom stereocenters. The van der Waals surface area contributed by atoms with Crippen LogP contribution in [0.3, 0.4) is 0 Å². The Hall–Kier alpha value is 0.780. The van der Waals surface area contributed by atoms with E-state index in [1.807, 2.05) is 0 Å². The summed E-state index contributed by atoms with van der Waals surface area (Å²) in [6.45, 7) is 4.69. The maximum Gasteiger partial charge on any atom is 0.0466 e. The van der Waals surface area contributed by atoms with Gasteiger partial charge in [0.05, 0.1) is 0 Å². The van der Waals surface area contributed by atoms with Crippen molar-refractivity contribution < 1.29 is 6.16 Å². The molecule has 1 aliphatic heterocycles. The number of nitrogens with one attached hydrogen (secondary N) is 1. The number of hydrogen-bond donors (Lipinski definition) is 1. The molecule has 4 aliphatic carbocycles. The monoisotopic (exact) mass is 540 g/mol. The van der Waals surface area contributed by atoms with E-state index in [1.54, 1.807) is 63.7 Å². The van der Waals surface area contributed by atoms with Crippen molar-refractivity contribution in [2.75, 3.05) is 38.6 Å². The molecule has 0 bridgehead atoms. The lowest BCUT2D eigenvalue weighted by Gasteiger charge is -2.39. The second-order valence-electron chi connectivity index (χ2n) is 12.7. The van der Waals surface area contributed by atoms with Gasteiger partial charge >= 0.3 is 0 Å². The van der Waals surface area contributed by atoms with Crippen molar-refractivity contribution in [2.24, 2.45) is 0 Å². The van der Waals surface area contributed by atoms with Crippen molar-refractivity contribution >= 4 is 15.8 Å². The highest BCUT2D eigenvalue weighted by Crippen LogP contribution is 2.56. The molecule has 36 heavy (non-hydrogen) atoms. The largest absolute Gasteiger partial charge is 0.381 e. The van der Waals surface area contributed by atoms with Crippen LogP contribution in [0.25, 0.3) is 0 Å². The van der Waals surface area contributed by atoms with Gasteiger partial charge in [-0.15, -0.1) is 0 Å². The fraction of sp³-hybridized carbons (Fsp3) is 1.00. The van der Waals surface area contributed by atoms with Crippen molar-refractivity contribution in [3.05, 3.63) is 0 Å². The van der Waals surface area contributed by atoms with Gasteiger partial charge in [0.1, 0.15) is 0 Å². The summed E-state index contributed by atoms with van der Waals surface area (Å²) < 4.78 is 4.94. The molecule has 0 aromatic carbocycles. The SMILES string of the molecule is C1CCC(P(CCNCCP(C2CCCCC2)C2CCCCC2)C2CCCCC2)CC1.C1CCOC1.[2HH]. The third-order valence-electron chi connectivity index (χ3n) is 10.1. The minimum absolute atomic E-state index is 0. The molecular weight excluding hydrogens is 476 g/mol. The molecule has 5 aliphatic rings. The molecule has 2 nitrogen and oxygen atoms in total. The van der Waals surface area contributed by atoms with Crippen LogP contribution >= 0.6 is 15.8 Å². The molecule has 0 amide bonds. The molecule has 4 saturated carbocycles. The van der Waals surface area contributed by atoms with E-state index in [-0.39, 0.29) is 17.3 Å². The highest BCUT2D eigenvalue weighted by Gasteiger charge is 2.32. The maximum absolute atomic E-state index is 4.94. The van der Waals surface area contributed by atoms with Gasteiger partial charge in [0.15, 0.2) is 0 Å². The van der Waals surface area contributed by atoms with Crippen LogP contribution in [0.2, 0.25) is 0 Å². The Morgan fingerprint density at radius 2 is 0.750 bits per heavy atom. The van der Waals surface area contributed by atoms with Crippen LogP contribution in [0.15, 0.2) is 0 Å². The van der Waals surface area contributed by atoms with Gasteiger partial charge in [-0.05, 0) is 112 Å². The Bertz CT molecular complexity index is 453. The molecule has 0 aromatic rings. The normalized spacial score (nSPS) is 25.8. The summed E-state index contributed by atoms with van der Waals surface area (Å²) in [4.78, 5) is 0. The summed E-state index contributed by atoms with van der Waals surface area (Å²) in [5.74, 6) is 0. The van der Waals surface area contributed by atoms with E-state index in [9.17, 15) is 0 Å². The van der Waals surface area contributed by atoms with Crippen LogP contribution in [-0.4, -0.2) is 61.3 Å². The molecular formula is C32H63NOP2. The molecule has 5 rings (SSSR count). The zero-order valence-corrected chi connectivity index (χ0v) is 25.7. The van der Waals surface area contributed by atoms with Gasteiger partial charge in [-0.25, -0.2) is 0 Å². The molecule has 1 N–H and O–H groups in total. The number of ether oxygens (including phenoxy) is 1. The van der Waals surface area contributed by atoms with E-state index >= 15 is 0 Å². The van der Waals surface area contributed by atoms with Gasteiger partial charge in [-0.2, -0.15) is 0 Å². The first kappa shape index (κ1) is 29.8. The number of rotatable bonds is 10. The van der Waals surface area contributed by atoms with Gasteiger partial charge in [-0.1, -0.05) is 92.9 Å². The number of hydrogen-bond acceptors (Lipinski definition) is 2. The Kier molecular flexibility index (Phi) is 15.0. The van der Waals surface area contributed by atoms with Crippen molar-refractivity contribution in [2.45, 2.75) is 164 Å². The molecule has 0 radical (unpaired) electrons. The quantitative estimate of drug-likeness (QED) is 0.220. The first-order valence-electron chi connectivity index (χ1n) is 16.7. The highest BCUT2D eigenvalue weighted by molar-refractivity contribution is 7.59. The van der Waals surface area contributed by atoms with Crippen molar-refractivity contribution in [1.29, 1.82) is 0 Å². The summed E-state index contributed by atoms with van der Waals surface area (Å²) in [7, 11) is 0.579. The Labute approximate surface area is 229 Å². The average molecular weight is 541 g/mol. The zero-order chi connectivity index (χ0) is 24.7. The predicted molar refractivity (Wildman–Crippen MR) is 166 cm³/mol. The van der Waals surface area contributed by atoms with Crippen molar-refractivity contribution in [3.8, 4) is 0 Å². The van der Waals surface area contributed by atoms with Crippen LogP contribution in [0.1, 0.15) is 143 Å². The molecule has 1 heterocycles. The van der Waals surface area contributed by atoms with E-state index in [4.69, 9.17) is 4.74 Å². The van der Waals surface area contributed by atoms with E-state index < -0.39 is 0 Å². The van der Waals surface area contributed by atoms with Crippen molar-refractivity contribution in [1.82, 2.24) is 5.32 Å². The van der Waals surface area contributed by atoms with Gasteiger partial charge in [0.25, 0.3) is 0 Å². The fourth-order valence-electron chi connectivity index (χ4n) is 8.03. The van der Waals surface area contributed by atoms with E-state index in [1.165, 1.54) is 103 Å². The lowest BCUT2D eigenvalue weighted by molar-refractivity contribution is 0.198. The van der Waals surface area contributed by atoms with Crippen LogP contribution in [-0.2, 0) is 4.74 Å². The zero-order valence-electron chi connectivity index (χ0n) is 23.9. The van der Waals surface area contributed by atoms with Crippen molar-refractivity contribution in [3.63, 3.8) is 0 Å².